The lowest BCUT2D eigenvalue weighted by Crippen LogP contribution is -2.51. The zero-order valence-corrected chi connectivity index (χ0v) is 12.1. The Labute approximate surface area is 123 Å². The van der Waals surface area contributed by atoms with Crippen molar-refractivity contribution in [1.29, 1.82) is 0 Å². The Morgan fingerprint density at radius 2 is 2.00 bits per heavy atom. The number of carbonyl (C=O) groups excluding carboxylic acids is 1. The molecular formula is C14H19ClN4O. The molecule has 5 nitrogen and oxygen atoms in total. The number of halogens is 1. The van der Waals surface area contributed by atoms with Gasteiger partial charge >= 0.3 is 0 Å². The molecule has 0 atom stereocenters. The minimum Gasteiger partial charge on any atom is -0.396 e. The minimum absolute atomic E-state index is 0.278. The third-order valence-electron chi connectivity index (χ3n) is 4.21. The maximum Gasteiger partial charge on any atom is 0.225 e. The van der Waals surface area contributed by atoms with Gasteiger partial charge in [-0.05, 0) is 18.9 Å². The number of hydrogen-bond acceptors (Lipinski definition) is 4. The van der Waals surface area contributed by atoms with Crippen LogP contribution in [0.5, 0.6) is 0 Å². The second-order valence-corrected chi connectivity index (χ2v) is 5.94. The molecule has 2 fully saturated rings. The summed E-state index contributed by atoms with van der Waals surface area (Å²) in [7, 11) is 0. The van der Waals surface area contributed by atoms with Crippen molar-refractivity contribution >= 4 is 29.0 Å². The van der Waals surface area contributed by atoms with Crippen molar-refractivity contribution in [2.45, 2.75) is 19.3 Å². The quantitative estimate of drug-likeness (QED) is 0.903. The van der Waals surface area contributed by atoms with Crippen LogP contribution in [-0.4, -0.2) is 42.0 Å². The number of pyridine rings is 1. The van der Waals surface area contributed by atoms with Crippen LogP contribution in [0.25, 0.3) is 0 Å². The molecule has 0 spiro atoms. The Morgan fingerprint density at radius 1 is 1.30 bits per heavy atom. The summed E-state index contributed by atoms with van der Waals surface area (Å²) >= 11 is 5.86. The van der Waals surface area contributed by atoms with Gasteiger partial charge in [-0.3, -0.25) is 4.79 Å². The molecule has 1 saturated carbocycles. The van der Waals surface area contributed by atoms with E-state index in [1.165, 1.54) is 6.42 Å². The summed E-state index contributed by atoms with van der Waals surface area (Å²) in [6.45, 7) is 3.05. The Balaban J connectivity index is 1.61. The standard InChI is InChI=1S/C14H19ClN4O/c15-11-8-12(16)13(17-9-11)18-4-6-19(7-5-18)14(20)10-2-1-3-10/h8-10H,1-7,16H2. The number of nitrogens with zero attached hydrogens (tertiary/aromatic N) is 3. The molecule has 1 aromatic rings. The number of anilines is 2. The van der Waals surface area contributed by atoms with E-state index in [4.69, 9.17) is 17.3 Å². The fourth-order valence-electron chi connectivity index (χ4n) is 2.76. The molecule has 1 aliphatic carbocycles. The Kier molecular flexibility index (Phi) is 3.70. The first-order valence-corrected chi connectivity index (χ1v) is 7.47. The van der Waals surface area contributed by atoms with Crippen molar-refractivity contribution in [3.8, 4) is 0 Å². The smallest absolute Gasteiger partial charge is 0.225 e. The van der Waals surface area contributed by atoms with Gasteiger partial charge in [0.25, 0.3) is 0 Å². The van der Waals surface area contributed by atoms with E-state index in [1.807, 2.05) is 4.90 Å². The molecule has 0 aromatic carbocycles. The monoisotopic (exact) mass is 294 g/mol. The van der Waals surface area contributed by atoms with Gasteiger partial charge in [0.05, 0.1) is 10.7 Å². The predicted octanol–water partition coefficient (Wildman–Crippen LogP) is 1.77. The van der Waals surface area contributed by atoms with Gasteiger partial charge in [-0.25, -0.2) is 4.98 Å². The summed E-state index contributed by atoms with van der Waals surface area (Å²) in [6, 6.07) is 1.72. The van der Waals surface area contributed by atoms with Gasteiger partial charge in [-0.15, -0.1) is 0 Å². The first kappa shape index (κ1) is 13.5. The molecule has 0 bridgehead atoms. The zero-order valence-electron chi connectivity index (χ0n) is 11.4. The van der Waals surface area contributed by atoms with Crippen molar-refractivity contribution in [3.05, 3.63) is 17.3 Å². The highest BCUT2D eigenvalue weighted by molar-refractivity contribution is 6.30. The summed E-state index contributed by atoms with van der Waals surface area (Å²) in [5.74, 6) is 1.37. The predicted molar refractivity (Wildman–Crippen MR) is 79.8 cm³/mol. The summed E-state index contributed by atoms with van der Waals surface area (Å²) in [5, 5.41) is 0.546. The van der Waals surface area contributed by atoms with Gasteiger partial charge in [0, 0.05) is 38.3 Å². The third-order valence-corrected chi connectivity index (χ3v) is 4.41. The van der Waals surface area contributed by atoms with Gasteiger partial charge in [0.1, 0.15) is 0 Å². The van der Waals surface area contributed by atoms with Crippen LogP contribution in [0.3, 0.4) is 0 Å². The van der Waals surface area contributed by atoms with Crippen LogP contribution in [0.4, 0.5) is 11.5 Å². The lowest BCUT2D eigenvalue weighted by atomic mass is 9.84. The van der Waals surface area contributed by atoms with E-state index >= 15 is 0 Å². The second-order valence-electron chi connectivity index (χ2n) is 5.51. The van der Waals surface area contributed by atoms with Crippen LogP contribution in [0.15, 0.2) is 12.3 Å². The molecule has 2 heterocycles. The van der Waals surface area contributed by atoms with Crippen LogP contribution < -0.4 is 10.6 Å². The number of rotatable bonds is 2. The third kappa shape index (κ3) is 2.54. The van der Waals surface area contributed by atoms with Gasteiger partial charge in [0.2, 0.25) is 5.91 Å². The number of nitrogen functional groups attached to an aromatic ring is 1. The van der Waals surface area contributed by atoms with Gasteiger partial charge < -0.3 is 15.5 Å². The Bertz CT molecular complexity index is 510. The number of aromatic nitrogens is 1. The van der Waals surface area contributed by atoms with Crippen molar-refractivity contribution in [3.63, 3.8) is 0 Å². The number of hydrogen-bond donors (Lipinski definition) is 1. The molecule has 0 radical (unpaired) electrons. The van der Waals surface area contributed by atoms with Crippen molar-refractivity contribution in [2.75, 3.05) is 36.8 Å². The van der Waals surface area contributed by atoms with Crippen molar-refractivity contribution in [1.82, 2.24) is 9.88 Å². The molecule has 3 rings (SSSR count). The lowest BCUT2D eigenvalue weighted by molar-refractivity contribution is -0.138. The zero-order chi connectivity index (χ0) is 14.1. The summed E-state index contributed by atoms with van der Waals surface area (Å²) < 4.78 is 0. The van der Waals surface area contributed by atoms with E-state index in [1.54, 1.807) is 12.3 Å². The van der Waals surface area contributed by atoms with Crippen molar-refractivity contribution < 1.29 is 4.79 Å². The van der Waals surface area contributed by atoms with Crippen LogP contribution in [0.2, 0.25) is 5.02 Å². The normalized spacial score (nSPS) is 19.9. The molecule has 1 aromatic heterocycles. The first-order chi connectivity index (χ1) is 9.65. The number of nitrogens with two attached hydrogens (primary N) is 1. The molecule has 2 N–H and O–H groups in total. The maximum atomic E-state index is 12.2. The maximum absolute atomic E-state index is 12.2. The SMILES string of the molecule is Nc1cc(Cl)cnc1N1CCN(C(=O)C2CCC2)CC1. The molecule has 2 aliphatic rings. The fraction of sp³-hybridized carbons (Fsp3) is 0.571. The molecule has 1 saturated heterocycles. The van der Waals surface area contributed by atoms with E-state index in [0.29, 0.717) is 16.6 Å². The van der Waals surface area contributed by atoms with E-state index in [9.17, 15) is 4.79 Å². The van der Waals surface area contributed by atoms with Gasteiger partial charge in [-0.1, -0.05) is 18.0 Å². The van der Waals surface area contributed by atoms with E-state index in [2.05, 4.69) is 9.88 Å². The van der Waals surface area contributed by atoms with Crippen molar-refractivity contribution in [2.24, 2.45) is 5.92 Å². The average molecular weight is 295 g/mol. The number of carbonyl (C=O) groups is 1. The van der Waals surface area contributed by atoms with Crippen LogP contribution in [0, 0.1) is 5.92 Å². The highest BCUT2D eigenvalue weighted by atomic mass is 35.5. The molecule has 1 aliphatic heterocycles. The second kappa shape index (κ2) is 5.48. The van der Waals surface area contributed by atoms with E-state index < -0.39 is 0 Å². The minimum atomic E-state index is 0.278. The lowest BCUT2D eigenvalue weighted by Gasteiger charge is -2.38. The van der Waals surface area contributed by atoms with Gasteiger partial charge in [-0.2, -0.15) is 0 Å². The molecule has 0 unspecified atom stereocenters. The highest BCUT2D eigenvalue weighted by Gasteiger charge is 2.31. The molecule has 1 amide bonds. The Morgan fingerprint density at radius 3 is 2.55 bits per heavy atom. The van der Waals surface area contributed by atoms with Gasteiger partial charge in [0.15, 0.2) is 5.82 Å². The average Bonchev–Trinajstić information content (AvgIpc) is 2.37. The molecular weight excluding hydrogens is 276 g/mol. The Hall–Kier alpha value is -1.49. The fourth-order valence-corrected chi connectivity index (χ4v) is 2.93. The number of piperazine rings is 1. The largest absolute Gasteiger partial charge is 0.396 e. The topological polar surface area (TPSA) is 62.5 Å². The first-order valence-electron chi connectivity index (χ1n) is 7.10. The molecule has 108 valence electrons. The molecule has 20 heavy (non-hydrogen) atoms. The van der Waals surface area contributed by atoms with Crippen LogP contribution >= 0.6 is 11.6 Å². The summed E-state index contributed by atoms with van der Waals surface area (Å²) in [6.07, 6.45) is 4.93. The summed E-state index contributed by atoms with van der Waals surface area (Å²) in [5.41, 5.74) is 6.55. The molecule has 6 heteroatoms. The van der Waals surface area contributed by atoms with E-state index in [-0.39, 0.29) is 5.92 Å². The highest BCUT2D eigenvalue weighted by Crippen LogP contribution is 2.29. The van der Waals surface area contributed by atoms with Crippen LogP contribution in [-0.2, 0) is 4.79 Å². The number of amides is 1. The summed E-state index contributed by atoms with van der Waals surface area (Å²) in [4.78, 5) is 20.6. The van der Waals surface area contributed by atoms with E-state index in [0.717, 1.165) is 44.8 Å². The van der Waals surface area contributed by atoms with Crippen LogP contribution in [0.1, 0.15) is 19.3 Å².